The van der Waals surface area contributed by atoms with Crippen molar-refractivity contribution in [1.82, 2.24) is 14.5 Å². The molecule has 0 unspecified atom stereocenters. The number of piperazine rings is 1. The molecule has 1 aromatic heterocycles. The predicted octanol–water partition coefficient (Wildman–Crippen LogP) is 5.04. The van der Waals surface area contributed by atoms with Crippen molar-refractivity contribution in [2.24, 2.45) is 0 Å². The Morgan fingerprint density at radius 3 is 2.64 bits per heavy atom. The highest BCUT2D eigenvalue weighted by atomic mass is 35.5. The summed E-state index contributed by atoms with van der Waals surface area (Å²) >= 11 is 6.19. The highest BCUT2D eigenvalue weighted by Gasteiger charge is 2.27. The van der Waals surface area contributed by atoms with Gasteiger partial charge in [-0.2, -0.15) is 0 Å². The van der Waals surface area contributed by atoms with Gasteiger partial charge in [-0.25, -0.2) is 4.98 Å². The van der Waals surface area contributed by atoms with Crippen LogP contribution in [0.2, 0.25) is 5.02 Å². The summed E-state index contributed by atoms with van der Waals surface area (Å²) in [5.74, 6) is 1.50. The Balaban J connectivity index is 1.37. The van der Waals surface area contributed by atoms with Gasteiger partial charge in [0.05, 0.1) is 12.2 Å². The summed E-state index contributed by atoms with van der Waals surface area (Å²) < 4.78 is 7.86. The molecule has 2 heterocycles. The molecule has 5 rings (SSSR count). The fourth-order valence-electron chi connectivity index (χ4n) is 4.37. The first kappa shape index (κ1) is 21.3. The van der Waals surface area contributed by atoms with Gasteiger partial charge in [0.2, 0.25) is 5.95 Å². The van der Waals surface area contributed by atoms with Gasteiger partial charge >= 0.3 is 0 Å². The fraction of sp³-hybridized carbons (Fsp3) is 0.231. The maximum Gasteiger partial charge on any atom is 0.258 e. The van der Waals surface area contributed by atoms with Crippen LogP contribution in [0.25, 0.3) is 16.5 Å². The molecule has 168 valence electrons. The first-order chi connectivity index (χ1) is 16.2. The summed E-state index contributed by atoms with van der Waals surface area (Å²) in [6, 6.07) is 19.6. The lowest BCUT2D eigenvalue weighted by atomic mass is 10.0. The van der Waals surface area contributed by atoms with Gasteiger partial charge in [-0.15, -0.1) is 0 Å². The molecule has 0 atom stereocenters. The van der Waals surface area contributed by atoms with E-state index in [0.717, 1.165) is 22.4 Å². The van der Waals surface area contributed by atoms with Gasteiger partial charge in [-0.05, 0) is 42.0 Å². The average Bonchev–Trinajstić information content (AvgIpc) is 3.34. The monoisotopic (exact) mass is 460 g/mol. The third-order valence-corrected chi connectivity index (χ3v) is 6.20. The molecule has 1 aliphatic rings. The Morgan fingerprint density at radius 1 is 1.03 bits per heavy atom. The van der Waals surface area contributed by atoms with E-state index < -0.39 is 0 Å². The lowest BCUT2D eigenvalue weighted by Gasteiger charge is -2.36. The first-order valence-corrected chi connectivity index (χ1v) is 11.5. The molecule has 1 aliphatic heterocycles. The molecule has 1 amide bonds. The number of hydrogen-bond acceptors (Lipinski definition) is 4. The van der Waals surface area contributed by atoms with E-state index in [-0.39, 0.29) is 5.91 Å². The molecule has 0 aliphatic carbocycles. The second-order valence-electron chi connectivity index (χ2n) is 7.95. The zero-order valence-electron chi connectivity index (χ0n) is 18.4. The van der Waals surface area contributed by atoms with Crippen LogP contribution >= 0.6 is 11.6 Å². The van der Waals surface area contributed by atoms with Gasteiger partial charge < -0.3 is 14.5 Å². The maximum atomic E-state index is 13.6. The smallest absolute Gasteiger partial charge is 0.258 e. The number of anilines is 1. The van der Waals surface area contributed by atoms with Crippen LogP contribution in [-0.2, 0) is 0 Å². The van der Waals surface area contributed by atoms with Crippen molar-refractivity contribution in [3.05, 3.63) is 83.6 Å². The zero-order valence-corrected chi connectivity index (χ0v) is 19.2. The van der Waals surface area contributed by atoms with Crippen LogP contribution in [0.15, 0.2) is 73.1 Å². The SMILES string of the molecule is CCOc1ccc2ccccc2c1C(=O)N1CCN(c2nccn2-c2cccc(Cl)c2)CC1. The van der Waals surface area contributed by atoms with Crippen LogP contribution in [0.5, 0.6) is 5.75 Å². The van der Waals surface area contributed by atoms with E-state index in [9.17, 15) is 4.79 Å². The number of aromatic nitrogens is 2. The van der Waals surface area contributed by atoms with E-state index in [1.54, 1.807) is 6.20 Å². The molecule has 1 fully saturated rings. The Kier molecular flexibility index (Phi) is 5.92. The van der Waals surface area contributed by atoms with E-state index in [1.165, 1.54) is 0 Å². The quantitative estimate of drug-likeness (QED) is 0.418. The third kappa shape index (κ3) is 4.14. The zero-order chi connectivity index (χ0) is 22.8. The molecule has 0 bridgehead atoms. The maximum absolute atomic E-state index is 13.6. The van der Waals surface area contributed by atoms with Crippen molar-refractivity contribution in [1.29, 1.82) is 0 Å². The molecule has 0 N–H and O–H groups in total. The molecule has 7 heteroatoms. The number of nitrogens with zero attached hydrogens (tertiary/aromatic N) is 4. The summed E-state index contributed by atoms with van der Waals surface area (Å²) in [6.07, 6.45) is 3.72. The van der Waals surface area contributed by atoms with Crippen molar-refractivity contribution >= 4 is 34.2 Å². The van der Waals surface area contributed by atoms with Gasteiger partial charge in [0.1, 0.15) is 5.75 Å². The van der Waals surface area contributed by atoms with Gasteiger partial charge in [0.25, 0.3) is 5.91 Å². The molecule has 33 heavy (non-hydrogen) atoms. The van der Waals surface area contributed by atoms with Crippen LogP contribution in [0.3, 0.4) is 0 Å². The fourth-order valence-corrected chi connectivity index (χ4v) is 4.56. The summed E-state index contributed by atoms with van der Waals surface area (Å²) in [6.45, 7) is 5.05. The number of carbonyl (C=O) groups is 1. The molecule has 3 aromatic carbocycles. The molecular weight excluding hydrogens is 436 g/mol. The number of amides is 1. The second-order valence-corrected chi connectivity index (χ2v) is 8.39. The summed E-state index contributed by atoms with van der Waals surface area (Å²) in [7, 11) is 0. The highest BCUT2D eigenvalue weighted by Crippen LogP contribution is 2.30. The molecule has 4 aromatic rings. The van der Waals surface area contributed by atoms with Crippen molar-refractivity contribution in [3.63, 3.8) is 0 Å². The Morgan fingerprint density at radius 2 is 1.85 bits per heavy atom. The largest absolute Gasteiger partial charge is 0.493 e. The number of ether oxygens (including phenoxy) is 1. The first-order valence-electron chi connectivity index (χ1n) is 11.1. The average molecular weight is 461 g/mol. The summed E-state index contributed by atoms with van der Waals surface area (Å²) in [4.78, 5) is 22.3. The van der Waals surface area contributed by atoms with Gasteiger partial charge in [-0.1, -0.05) is 48.0 Å². The van der Waals surface area contributed by atoms with Crippen LogP contribution in [0.1, 0.15) is 17.3 Å². The molecule has 1 saturated heterocycles. The number of imidazole rings is 1. The van der Waals surface area contributed by atoms with Crippen molar-refractivity contribution < 1.29 is 9.53 Å². The van der Waals surface area contributed by atoms with E-state index in [2.05, 4.69) is 9.88 Å². The summed E-state index contributed by atoms with van der Waals surface area (Å²) in [5.41, 5.74) is 1.61. The second kappa shape index (κ2) is 9.16. The van der Waals surface area contributed by atoms with Gasteiger partial charge in [0, 0.05) is 49.3 Å². The Labute approximate surface area is 198 Å². The van der Waals surface area contributed by atoms with Crippen molar-refractivity contribution in [2.45, 2.75) is 6.92 Å². The van der Waals surface area contributed by atoms with Crippen LogP contribution in [0, 0.1) is 0 Å². The number of halogens is 1. The lowest BCUT2D eigenvalue weighted by molar-refractivity contribution is 0.0744. The minimum atomic E-state index is 0.00748. The Hall–Kier alpha value is -3.51. The molecule has 0 saturated carbocycles. The minimum Gasteiger partial charge on any atom is -0.493 e. The van der Waals surface area contributed by atoms with Crippen molar-refractivity contribution in [2.75, 3.05) is 37.7 Å². The van der Waals surface area contributed by atoms with E-state index >= 15 is 0 Å². The van der Waals surface area contributed by atoms with Crippen molar-refractivity contribution in [3.8, 4) is 11.4 Å². The van der Waals surface area contributed by atoms with Crippen LogP contribution in [-0.4, -0.2) is 53.1 Å². The molecule has 0 radical (unpaired) electrons. The topological polar surface area (TPSA) is 50.6 Å². The summed E-state index contributed by atoms with van der Waals surface area (Å²) in [5, 5.41) is 2.64. The van der Waals surface area contributed by atoms with Crippen LogP contribution in [0.4, 0.5) is 5.95 Å². The van der Waals surface area contributed by atoms with Gasteiger partial charge in [0.15, 0.2) is 0 Å². The Bertz CT molecular complexity index is 1290. The van der Waals surface area contributed by atoms with E-state index in [0.29, 0.717) is 49.1 Å². The lowest BCUT2D eigenvalue weighted by Crippen LogP contribution is -2.49. The minimum absolute atomic E-state index is 0.00748. The molecule has 6 nitrogen and oxygen atoms in total. The number of benzene rings is 3. The number of carbonyl (C=O) groups excluding carboxylic acids is 1. The predicted molar refractivity (Wildman–Crippen MR) is 132 cm³/mol. The van der Waals surface area contributed by atoms with E-state index in [4.69, 9.17) is 16.3 Å². The molecular formula is C26H25ClN4O2. The normalized spacial score (nSPS) is 14.0. The number of rotatable bonds is 5. The standard InChI is InChI=1S/C26H25ClN4O2/c1-2-33-23-11-10-19-6-3-4-9-22(19)24(23)25(32)29-14-16-30(17-15-29)26-28-12-13-31(26)21-8-5-7-20(27)18-21/h3-13,18H,2,14-17H2,1H3. The number of fused-ring (bicyclic) bond motifs is 1. The van der Waals surface area contributed by atoms with Crippen LogP contribution < -0.4 is 9.64 Å². The molecule has 0 spiro atoms. The van der Waals surface area contributed by atoms with E-state index in [1.807, 2.05) is 83.3 Å². The highest BCUT2D eigenvalue weighted by molar-refractivity contribution is 6.30. The third-order valence-electron chi connectivity index (χ3n) is 5.96. The number of hydrogen-bond donors (Lipinski definition) is 0. The van der Waals surface area contributed by atoms with Gasteiger partial charge in [-0.3, -0.25) is 9.36 Å².